The largest absolute Gasteiger partial charge is 0.433 e. The first-order valence-electron chi connectivity index (χ1n) is 6.96. The zero-order valence-electron chi connectivity index (χ0n) is 11.5. The molecule has 1 fully saturated rings. The summed E-state index contributed by atoms with van der Waals surface area (Å²) < 4.78 is 38.4. The summed E-state index contributed by atoms with van der Waals surface area (Å²) in [6, 6.07) is 2.11. The fraction of sp³-hybridized carbons (Fsp3) is 0.571. The fourth-order valence-electron chi connectivity index (χ4n) is 2.83. The quantitative estimate of drug-likeness (QED) is 0.883. The van der Waals surface area contributed by atoms with Crippen molar-refractivity contribution < 1.29 is 18.0 Å². The molecule has 0 aromatic carbocycles. The van der Waals surface area contributed by atoms with Crippen molar-refractivity contribution >= 4 is 11.6 Å². The zero-order valence-corrected chi connectivity index (χ0v) is 11.5. The molecule has 114 valence electrons. The average Bonchev–Trinajstić information content (AvgIpc) is 3.20. The van der Waals surface area contributed by atoms with E-state index < -0.39 is 17.9 Å². The number of pyridine rings is 1. The Kier molecular flexibility index (Phi) is 3.30. The van der Waals surface area contributed by atoms with Crippen molar-refractivity contribution in [3.05, 3.63) is 23.5 Å². The number of halogens is 3. The molecule has 2 heterocycles. The summed E-state index contributed by atoms with van der Waals surface area (Å²) in [5.41, 5.74) is -0.0647. The third-order valence-electron chi connectivity index (χ3n) is 3.94. The summed E-state index contributed by atoms with van der Waals surface area (Å²) >= 11 is 0. The van der Waals surface area contributed by atoms with Crippen LogP contribution in [0.5, 0.6) is 0 Å². The lowest BCUT2D eigenvalue weighted by atomic mass is 9.94. The van der Waals surface area contributed by atoms with Gasteiger partial charge >= 0.3 is 6.18 Å². The minimum absolute atomic E-state index is 0.188. The van der Waals surface area contributed by atoms with Crippen molar-refractivity contribution in [1.82, 2.24) is 10.3 Å². The molecule has 1 saturated carbocycles. The van der Waals surface area contributed by atoms with Gasteiger partial charge < -0.3 is 10.6 Å². The monoisotopic (exact) mass is 299 g/mol. The molecule has 7 heteroatoms. The Morgan fingerprint density at radius 1 is 1.38 bits per heavy atom. The molecule has 1 aliphatic carbocycles. The molecule has 0 spiro atoms. The van der Waals surface area contributed by atoms with E-state index in [1.165, 1.54) is 13.0 Å². The van der Waals surface area contributed by atoms with Crippen LogP contribution in [0.15, 0.2) is 12.1 Å². The number of alkyl halides is 3. The lowest BCUT2D eigenvalue weighted by molar-refractivity contribution is -0.141. The number of carbonyl (C=O) groups excluding carboxylic acids is 1. The Hall–Kier alpha value is -1.79. The Labute approximate surface area is 120 Å². The average molecular weight is 299 g/mol. The van der Waals surface area contributed by atoms with Crippen molar-refractivity contribution in [2.45, 2.75) is 44.4 Å². The summed E-state index contributed by atoms with van der Waals surface area (Å²) in [6.07, 6.45) is -1.67. The van der Waals surface area contributed by atoms with Crippen LogP contribution < -0.4 is 10.6 Å². The maximum Gasteiger partial charge on any atom is 0.433 e. The van der Waals surface area contributed by atoms with Gasteiger partial charge in [-0.2, -0.15) is 13.2 Å². The van der Waals surface area contributed by atoms with Gasteiger partial charge in [0, 0.05) is 13.0 Å². The predicted molar refractivity (Wildman–Crippen MR) is 70.5 cm³/mol. The Bertz CT molecular complexity index is 569. The van der Waals surface area contributed by atoms with Crippen LogP contribution >= 0.6 is 0 Å². The fourth-order valence-corrected chi connectivity index (χ4v) is 2.83. The third kappa shape index (κ3) is 2.96. The molecular formula is C14H16F3N3O. The van der Waals surface area contributed by atoms with Crippen LogP contribution in [0, 0.1) is 5.92 Å². The van der Waals surface area contributed by atoms with Crippen LogP contribution in [0.25, 0.3) is 0 Å². The second-order valence-electron chi connectivity index (χ2n) is 5.70. The molecule has 0 bridgehead atoms. The summed E-state index contributed by atoms with van der Waals surface area (Å²) in [5.74, 6) is 0.276. The van der Waals surface area contributed by atoms with Crippen LogP contribution in [0.1, 0.15) is 43.6 Å². The van der Waals surface area contributed by atoms with E-state index >= 15 is 0 Å². The molecule has 1 amide bonds. The van der Waals surface area contributed by atoms with Gasteiger partial charge in [-0.3, -0.25) is 4.79 Å². The second kappa shape index (κ2) is 4.89. The maximum atomic E-state index is 12.8. The maximum absolute atomic E-state index is 12.8. The van der Waals surface area contributed by atoms with E-state index in [2.05, 4.69) is 15.6 Å². The van der Waals surface area contributed by atoms with E-state index in [0.717, 1.165) is 18.9 Å². The first kappa shape index (κ1) is 14.2. The highest BCUT2D eigenvalue weighted by molar-refractivity contribution is 5.74. The normalized spacial score (nSPS) is 25.0. The third-order valence-corrected chi connectivity index (χ3v) is 3.94. The molecule has 3 rings (SSSR count). The number of hydrogen-bond acceptors (Lipinski definition) is 3. The first-order chi connectivity index (χ1) is 9.84. The Morgan fingerprint density at radius 2 is 2.10 bits per heavy atom. The molecule has 2 aliphatic rings. The summed E-state index contributed by atoms with van der Waals surface area (Å²) in [5, 5.41) is 5.98. The first-order valence-corrected chi connectivity index (χ1v) is 6.96. The SMILES string of the molecule is CC(=O)N[C@@H]1C[C@H](C2CC2)Nc2ccc(C(F)(F)F)nc21. The molecule has 2 N–H and O–H groups in total. The number of nitrogens with one attached hydrogen (secondary N) is 2. The van der Waals surface area contributed by atoms with E-state index in [9.17, 15) is 18.0 Å². The van der Waals surface area contributed by atoms with E-state index in [0.29, 0.717) is 18.0 Å². The Balaban J connectivity index is 1.95. The molecule has 21 heavy (non-hydrogen) atoms. The van der Waals surface area contributed by atoms with Crippen molar-refractivity contribution in [2.24, 2.45) is 5.92 Å². The number of anilines is 1. The topological polar surface area (TPSA) is 54.0 Å². The van der Waals surface area contributed by atoms with Gasteiger partial charge in [-0.25, -0.2) is 4.98 Å². The molecule has 2 atom stereocenters. The predicted octanol–water partition coefficient (Wildman–Crippen LogP) is 2.87. The molecule has 0 saturated heterocycles. The van der Waals surface area contributed by atoms with E-state index in [-0.39, 0.29) is 17.6 Å². The van der Waals surface area contributed by atoms with Crippen LogP contribution in [0.2, 0.25) is 0 Å². The van der Waals surface area contributed by atoms with Gasteiger partial charge in [-0.15, -0.1) is 0 Å². The van der Waals surface area contributed by atoms with Gasteiger partial charge in [0.1, 0.15) is 5.69 Å². The molecular weight excluding hydrogens is 283 g/mol. The second-order valence-corrected chi connectivity index (χ2v) is 5.70. The molecule has 4 nitrogen and oxygen atoms in total. The minimum Gasteiger partial charge on any atom is -0.380 e. The van der Waals surface area contributed by atoms with Crippen molar-refractivity contribution in [2.75, 3.05) is 5.32 Å². The summed E-state index contributed by atoms with van der Waals surface area (Å²) in [7, 11) is 0. The molecule has 1 aromatic heterocycles. The van der Waals surface area contributed by atoms with Gasteiger partial charge in [0.25, 0.3) is 0 Å². The molecule has 1 aromatic rings. The number of hydrogen-bond donors (Lipinski definition) is 2. The summed E-state index contributed by atoms with van der Waals surface area (Å²) in [6.45, 7) is 1.36. The number of amides is 1. The smallest absolute Gasteiger partial charge is 0.380 e. The number of aromatic nitrogens is 1. The van der Waals surface area contributed by atoms with Gasteiger partial charge in [-0.05, 0) is 37.3 Å². The highest BCUT2D eigenvalue weighted by atomic mass is 19.4. The van der Waals surface area contributed by atoms with Crippen molar-refractivity contribution in [3.8, 4) is 0 Å². The molecule has 0 unspecified atom stereocenters. The van der Waals surface area contributed by atoms with Crippen molar-refractivity contribution in [3.63, 3.8) is 0 Å². The van der Waals surface area contributed by atoms with Gasteiger partial charge in [0.15, 0.2) is 0 Å². The van der Waals surface area contributed by atoms with E-state index in [4.69, 9.17) is 0 Å². The van der Waals surface area contributed by atoms with E-state index in [1.807, 2.05) is 0 Å². The molecule has 0 radical (unpaired) electrons. The lowest BCUT2D eigenvalue weighted by Crippen LogP contribution is -2.38. The number of carbonyl (C=O) groups is 1. The minimum atomic E-state index is -4.48. The summed E-state index contributed by atoms with van der Waals surface area (Å²) in [4.78, 5) is 15.0. The van der Waals surface area contributed by atoms with Gasteiger partial charge in [0.2, 0.25) is 5.91 Å². The van der Waals surface area contributed by atoms with E-state index in [1.54, 1.807) is 0 Å². The number of nitrogens with zero attached hydrogens (tertiary/aromatic N) is 1. The van der Waals surface area contributed by atoms with Gasteiger partial charge in [-0.1, -0.05) is 0 Å². The zero-order chi connectivity index (χ0) is 15.2. The van der Waals surface area contributed by atoms with Crippen LogP contribution in [0.3, 0.4) is 0 Å². The van der Waals surface area contributed by atoms with Crippen LogP contribution in [-0.2, 0) is 11.0 Å². The van der Waals surface area contributed by atoms with Crippen LogP contribution in [0.4, 0.5) is 18.9 Å². The standard InChI is InChI=1S/C14H16F3N3O/c1-7(21)18-11-6-10(8-2-3-8)19-9-4-5-12(14(15,16)17)20-13(9)11/h4-5,8,10-11,19H,2-3,6H2,1H3,(H,18,21)/t10-,11-/m1/s1. The van der Waals surface area contributed by atoms with Gasteiger partial charge in [0.05, 0.1) is 17.4 Å². The highest BCUT2D eigenvalue weighted by Gasteiger charge is 2.40. The Morgan fingerprint density at radius 3 is 2.67 bits per heavy atom. The van der Waals surface area contributed by atoms with Crippen LogP contribution in [-0.4, -0.2) is 16.9 Å². The number of rotatable bonds is 2. The van der Waals surface area contributed by atoms with Crippen molar-refractivity contribution in [1.29, 1.82) is 0 Å². The lowest BCUT2D eigenvalue weighted by Gasteiger charge is -2.33. The number of fused-ring (bicyclic) bond motifs is 1. The molecule has 1 aliphatic heterocycles. The highest BCUT2D eigenvalue weighted by Crippen LogP contribution is 2.43.